The molecule has 1 N–H and O–H groups in total. The summed E-state index contributed by atoms with van der Waals surface area (Å²) in [6, 6.07) is 6.24. The molecule has 0 radical (unpaired) electrons. The van der Waals surface area contributed by atoms with E-state index in [1.165, 1.54) is 9.75 Å². The number of nitrogens with one attached hydrogen (secondary N) is 1. The summed E-state index contributed by atoms with van der Waals surface area (Å²) in [5, 5.41) is 3.11. The summed E-state index contributed by atoms with van der Waals surface area (Å²) in [7, 11) is 1.89. The van der Waals surface area contributed by atoms with Crippen LogP contribution in [-0.2, 0) is 5.41 Å². The molecule has 0 saturated carbocycles. The lowest BCUT2D eigenvalue weighted by Gasteiger charge is -2.18. The fourth-order valence-electron chi connectivity index (χ4n) is 1.61. The topological polar surface area (TPSA) is 37.8 Å². The summed E-state index contributed by atoms with van der Waals surface area (Å²) >= 11 is 1.76. The minimum atomic E-state index is -0.0477. The van der Waals surface area contributed by atoms with Gasteiger partial charge in [0, 0.05) is 23.4 Å². The molecular weight excluding hydrogens is 242 g/mol. The second-order valence-electron chi connectivity index (χ2n) is 5.37. The van der Waals surface area contributed by atoms with E-state index in [0.29, 0.717) is 0 Å². The molecule has 96 valence electrons. The maximum Gasteiger partial charge on any atom is 0.136 e. The molecule has 0 aromatic carbocycles. The number of nitrogens with zero attached hydrogens (tertiary/aromatic N) is 2. The molecule has 0 bridgehead atoms. The molecular formula is C14H19N3S. The van der Waals surface area contributed by atoms with Crippen LogP contribution in [0.1, 0.15) is 31.5 Å². The highest BCUT2D eigenvalue weighted by Gasteiger charge is 2.19. The van der Waals surface area contributed by atoms with Gasteiger partial charge in [0.15, 0.2) is 0 Å². The van der Waals surface area contributed by atoms with Crippen LogP contribution < -0.4 is 5.32 Å². The zero-order valence-electron chi connectivity index (χ0n) is 11.5. The zero-order valence-corrected chi connectivity index (χ0v) is 12.4. The number of thiophene rings is 1. The Hall–Kier alpha value is -1.42. The molecule has 0 fully saturated rings. The fourth-order valence-corrected chi connectivity index (χ4v) is 2.44. The Balaban J connectivity index is 2.54. The quantitative estimate of drug-likeness (QED) is 0.892. The van der Waals surface area contributed by atoms with Crippen LogP contribution in [0.5, 0.6) is 0 Å². The number of aromatic nitrogens is 2. The third-order valence-corrected chi connectivity index (χ3v) is 3.67. The van der Waals surface area contributed by atoms with E-state index in [0.717, 1.165) is 17.3 Å². The number of anilines is 1. The normalized spacial score (nSPS) is 11.6. The van der Waals surface area contributed by atoms with Gasteiger partial charge in [-0.1, -0.05) is 20.8 Å². The molecule has 3 nitrogen and oxygen atoms in total. The van der Waals surface area contributed by atoms with Gasteiger partial charge in [0.1, 0.15) is 11.6 Å². The molecule has 0 atom stereocenters. The van der Waals surface area contributed by atoms with Crippen molar-refractivity contribution in [2.24, 2.45) is 0 Å². The Morgan fingerprint density at radius 1 is 1.17 bits per heavy atom. The van der Waals surface area contributed by atoms with E-state index < -0.39 is 0 Å². The first-order valence-corrected chi connectivity index (χ1v) is 6.86. The molecule has 0 saturated heterocycles. The van der Waals surface area contributed by atoms with E-state index in [2.05, 4.69) is 50.1 Å². The van der Waals surface area contributed by atoms with E-state index in [1.54, 1.807) is 11.3 Å². The van der Waals surface area contributed by atoms with Crippen molar-refractivity contribution in [3.8, 4) is 10.6 Å². The number of rotatable bonds is 2. The third kappa shape index (κ3) is 2.70. The van der Waals surface area contributed by atoms with Gasteiger partial charge in [-0.3, -0.25) is 0 Å². The monoisotopic (exact) mass is 261 g/mol. The van der Waals surface area contributed by atoms with Gasteiger partial charge in [0.05, 0.1) is 10.6 Å². The molecule has 0 spiro atoms. The molecule has 2 aromatic rings. The molecule has 0 aliphatic rings. The smallest absolute Gasteiger partial charge is 0.136 e. The molecule has 2 rings (SSSR count). The number of aryl methyl sites for hydroxylation is 1. The Bertz CT molecular complexity index is 552. The van der Waals surface area contributed by atoms with Crippen LogP contribution in [0.3, 0.4) is 0 Å². The molecule has 4 heteroatoms. The van der Waals surface area contributed by atoms with Gasteiger partial charge in [-0.2, -0.15) is 0 Å². The average Bonchev–Trinajstić information content (AvgIpc) is 2.74. The van der Waals surface area contributed by atoms with Crippen molar-refractivity contribution in [3.63, 3.8) is 0 Å². The van der Waals surface area contributed by atoms with E-state index in [4.69, 9.17) is 4.98 Å². The molecule has 0 aliphatic heterocycles. The van der Waals surface area contributed by atoms with Crippen molar-refractivity contribution >= 4 is 17.2 Å². The molecule has 0 aliphatic carbocycles. The van der Waals surface area contributed by atoms with Crippen LogP contribution in [0.2, 0.25) is 0 Å². The summed E-state index contributed by atoms with van der Waals surface area (Å²) in [5.41, 5.74) is 0.950. The van der Waals surface area contributed by atoms with Gasteiger partial charge in [-0.15, -0.1) is 11.3 Å². The van der Waals surface area contributed by atoms with Crippen molar-refractivity contribution in [1.29, 1.82) is 0 Å². The second-order valence-corrected chi connectivity index (χ2v) is 6.66. The first-order chi connectivity index (χ1) is 8.40. The Kier molecular flexibility index (Phi) is 3.39. The van der Waals surface area contributed by atoms with E-state index in [-0.39, 0.29) is 5.41 Å². The van der Waals surface area contributed by atoms with Gasteiger partial charge in [0.25, 0.3) is 0 Å². The van der Waals surface area contributed by atoms with E-state index in [1.807, 2.05) is 13.1 Å². The van der Waals surface area contributed by atoms with Gasteiger partial charge in [-0.25, -0.2) is 9.97 Å². The standard InChI is InChI=1S/C14H19N3S/c1-9-6-7-11(18-9)10-8-12(15-5)17-13(16-10)14(2,3)4/h6-8H,1-5H3,(H,15,16,17). The van der Waals surface area contributed by atoms with Crippen molar-refractivity contribution in [2.45, 2.75) is 33.1 Å². The maximum absolute atomic E-state index is 4.70. The summed E-state index contributed by atoms with van der Waals surface area (Å²) in [6.07, 6.45) is 0. The van der Waals surface area contributed by atoms with Crippen LogP contribution in [0.4, 0.5) is 5.82 Å². The molecule has 2 aromatic heterocycles. The lowest BCUT2D eigenvalue weighted by atomic mass is 9.95. The Morgan fingerprint density at radius 2 is 1.89 bits per heavy atom. The Morgan fingerprint density at radius 3 is 2.39 bits per heavy atom. The number of hydrogen-bond acceptors (Lipinski definition) is 4. The minimum Gasteiger partial charge on any atom is -0.373 e. The summed E-state index contributed by atoms with van der Waals surface area (Å²) in [4.78, 5) is 11.7. The lowest BCUT2D eigenvalue weighted by molar-refractivity contribution is 0.547. The third-order valence-electron chi connectivity index (χ3n) is 2.65. The summed E-state index contributed by atoms with van der Waals surface area (Å²) in [6.45, 7) is 8.50. The van der Waals surface area contributed by atoms with Crippen molar-refractivity contribution in [2.75, 3.05) is 12.4 Å². The van der Waals surface area contributed by atoms with Crippen molar-refractivity contribution in [3.05, 3.63) is 28.9 Å². The first-order valence-electron chi connectivity index (χ1n) is 6.04. The van der Waals surface area contributed by atoms with Crippen LogP contribution >= 0.6 is 11.3 Å². The highest BCUT2D eigenvalue weighted by Crippen LogP contribution is 2.29. The van der Waals surface area contributed by atoms with E-state index >= 15 is 0 Å². The van der Waals surface area contributed by atoms with Crippen LogP contribution in [0.25, 0.3) is 10.6 Å². The largest absolute Gasteiger partial charge is 0.373 e. The van der Waals surface area contributed by atoms with Gasteiger partial charge in [-0.05, 0) is 19.1 Å². The average molecular weight is 261 g/mol. The molecule has 0 unspecified atom stereocenters. The van der Waals surface area contributed by atoms with Gasteiger partial charge >= 0.3 is 0 Å². The maximum atomic E-state index is 4.70. The van der Waals surface area contributed by atoms with Gasteiger partial charge in [0.2, 0.25) is 0 Å². The SMILES string of the molecule is CNc1cc(-c2ccc(C)s2)nc(C(C)(C)C)n1. The highest BCUT2D eigenvalue weighted by atomic mass is 32.1. The second kappa shape index (κ2) is 4.69. The molecule has 2 heterocycles. The van der Waals surface area contributed by atoms with E-state index in [9.17, 15) is 0 Å². The predicted octanol–water partition coefficient (Wildman–Crippen LogP) is 3.85. The van der Waals surface area contributed by atoms with Crippen LogP contribution in [-0.4, -0.2) is 17.0 Å². The zero-order chi connectivity index (χ0) is 13.3. The van der Waals surface area contributed by atoms with Crippen LogP contribution in [0.15, 0.2) is 18.2 Å². The minimum absolute atomic E-state index is 0.0477. The highest BCUT2D eigenvalue weighted by molar-refractivity contribution is 7.15. The lowest BCUT2D eigenvalue weighted by Crippen LogP contribution is -2.17. The van der Waals surface area contributed by atoms with Crippen molar-refractivity contribution < 1.29 is 0 Å². The predicted molar refractivity (Wildman–Crippen MR) is 78.3 cm³/mol. The molecule has 18 heavy (non-hydrogen) atoms. The summed E-state index contributed by atoms with van der Waals surface area (Å²) < 4.78 is 0. The first kappa shape index (κ1) is 13.0. The van der Waals surface area contributed by atoms with Gasteiger partial charge < -0.3 is 5.32 Å². The van der Waals surface area contributed by atoms with Crippen LogP contribution in [0, 0.1) is 6.92 Å². The van der Waals surface area contributed by atoms with Crippen molar-refractivity contribution in [1.82, 2.24) is 9.97 Å². The number of hydrogen-bond donors (Lipinski definition) is 1. The summed E-state index contributed by atoms with van der Waals surface area (Å²) in [5.74, 6) is 1.74. The Labute approximate surface area is 112 Å². The fraction of sp³-hybridized carbons (Fsp3) is 0.429. The molecule has 0 amide bonds.